The molecule has 2 bridgehead atoms. The van der Waals surface area contributed by atoms with Crippen LogP contribution in [0.15, 0.2) is 60.7 Å². The smallest absolute Gasteiger partial charge is 0.194 e. The van der Waals surface area contributed by atoms with Crippen molar-refractivity contribution in [3.8, 4) is 0 Å². The number of ether oxygens (including phenoxy) is 2. The Bertz CT molecular complexity index is 541. The summed E-state index contributed by atoms with van der Waals surface area (Å²) in [5.74, 6) is 0. The van der Waals surface area contributed by atoms with Gasteiger partial charge in [0.25, 0.3) is 0 Å². The Balaban J connectivity index is 1.71. The van der Waals surface area contributed by atoms with Crippen molar-refractivity contribution in [1.29, 1.82) is 0 Å². The third-order valence-corrected chi connectivity index (χ3v) is 6.95. The average molecular weight is 302 g/mol. The number of fused-ring (bicyclic) bond motifs is 3. The highest BCUT2D eigenvalue weighted by Crippen LogP contribution is 2.75. The molecule has 0 atom stereocenters. The lowest BCUT2D eigenvalue weighted by molar-refractivity contribution is 0.0458. The fourth-order valence-electron chi connectivity index (χ4n) is 2.52. The maximum absolute atomic E-state index is 6.09. The van der Waals surface area contributed by atoms with E-state index in [4.69, 9.17) is 9.47 Å². The first-order chi connectivity index (χ1) is 9.83. The highest BCUT2D eigenvalue weighted by molar-refractivity contribution is 8.33. The Morgan fingerprint density at radius 1 is 0.650 bits per heavy atom. The van der Waals surface area contributed by atoms with Gasteiger partial charge in [-0.05, 0) is 0 Å². The normalized spacial score (nSPS) is 32.2. The summed E-state index contributed by atoms with van der Waals surface area (Å²) in [4.78, 5) is 0. The zero-order valence-corrected chi connectivity index (χ0v) is 12.5. The number of hydrogen-bond donors (Lipinski definition) is 0. The van der Waals surface area contributed by atoms with Crippen LogP contribution in [0.25, 0.3) is 0 Å². The van der Waals surface area contributed by atoms with Crippen LogP contribution in [0.1, 0.15) is 11.1 Å². The molecular weight excluding hydrogens is 288 g/mol. The molecule has 3 fully saturated rings. The highest BCUT2D eigenvalue weighted by atomic mass is 32.3. The van der Waals surface area contributed by atoms with Crippen LogP contribution >= 0.6 is 23.5 Å². The van der Waals surface area contributed by atoms with E-state index in [2.05, 4.69) is 48.5 Å². The van der Waals surface area contributed by atoms with Gasteiger partial charge in [-0.25, -0.2) is 0 Å². The van der Waals surface area contributed by atoms with Crippen molar-refractivity contribution < 1.29 is 9.47 Å². The maximum atomic E-state index is 6.09. The van der Waals surface area contributed by atoms with Crippen molar-refractivity contribution in [1.82, 2.24) is 0 Å². The minimum Gasteiger partial charge on any atom is -0.348 e. The fraction of sp³-hybridized carbons (Fsp3) is 0.250. The molecule has 2 aromatic carbocycles. The average Bonchev–Trinajstić information content (AvgIpc) is 2.80. The molecule has 2 aromatic rings. The van der Waals surface area contributed by atoms with Gasteiger partial charge in [0.1, 0.15) is 0 Å². The fourth-order valence-corrected chi connectivity index (χ4v) is 5.98. The van der Waals surface area contributed by atoms with Crippen molar-refractivity contribution in [3.63, 3.8) is 0 Å². The van der Waals surface area contributed by atoms with Crippen molar-refractivity contribution >= 4 is 23.5 Å². The molecule has 0 saturated carbocycles. The summed E-state index contributed by atoms with van der Waals surface area (Å²) in [5.41, 5.74) is 2.40. The molecule has 4 heteroatoms. The summed E-state index contributed by atoms with van der Waals surface area (Å²) in [6.45, 7) is 1.26. The van der Waals surface area contributed by atoms with Crippen molar-refractivity contribution in [2.75, 3.05) is 13.2 Å². The quantitative estimate of drug-likeness (QED) is 0.830. The summed E-state index contributed by atoms with van der Waals surface area (Å²) in [6.07, 6.45) is 0. The lowest BCUT2D eigenvalue weighted by atomic mass is 10.2. The molecule has 0 aliphatic carbocycles. The minimum atomic E-state index is -0.326. The van der Waals surface area contributed by atoms with Crippen LogP contribution in [0.2, 0.25) is 0 Å². The van der Waals surface area contributed by atoms with E-state index >= 15 is 0 Å². The van der Waals surface area contributed by atoms with Crippen LogP contribution in [0.3, 0.4) is 0 Å². The molecule has 3 heterocycles. The number of rotatable bonds is 2. The third kappa shape index (κ3) is 1.91. The van der Waals surface area contributed by atoms with Crippen molar-refractivity contribution in [3.05, 3.63) is 71.8 Å². The van der Waals surface area contributed by atoms with Gasteiger partial charge in [0, 0.05) is 11.1 Å². The van der Waals surface area contributed by atoms with Gasteiger partial charge >= 0.3 is 0 Å². The molecule has 3 aliphatic rings. The molecule has 102 valence electrons. The van der Waals surface area contributed by atoms with Crippen LogP contribution in [-0.2, 0) is 18.0 Å². The molecule has 3 saturated heterocycles. The molecule has 0 radical (unpaired) electrons. The summed E-state index contributed by atoms with van der Waals surface area (Å²) in [5, 5.41) is 0. The molecule has 0 spiro atoms. The van der Waals surface area contributed by atoms with Crippen molar-refractivity contribution in [2.24, 2.45) is 0 Å². The Labute approximate surface area is 126 Å². The molecule has 0 amide bonds. The van der Waals surface area contributed by atoms with Gasteiger partial charge < -0.3 is 9.47 Å². The zero-order chi connectivity index (χ0) is 13.5. The minimum absolute atomic E-state index is 0.326. The lowest BCUT2D eigenvalue weighted by Gasteiger charge is -2.50. The molecule has 3 aliphatic heterocycles. The first kappa shape index (κ1) is 12.8. The van der Waals surface area contributed by atoms with E-state index in [1.165, 1.54) is 11.1 Å². The standard InChI is InChI=1S/C16H14O2S2/c1-3-7-13(8-4-1)15-17-11-12-18-16(19-15,20-15)14-9-5-2-6-10-14/h1-10H,11-12H2. The molecule has 0 N–H and O–H groups in total. The van der Waals surface area contributed by atoms with Gasteiger partial charge in [0.05, 0.1) is 13.2 Å². The van der Waals surface area contributed by atoms with E-state index in [1.807, 2.05) is 12.1 Å². The topological polar surface area (TPSA) is 18.5 Å². The monoisotopic (exact) mass is 302 g/mol. The van der Waals surface area contributed by atoms with E-state index in [-0.39, 0.29) is 8.53 Å². The molecule has 20 heavy (non-hydrogen) atoms. The Kier molecular flexibility index (Phi) is 3.07. The zero-order valence-electron chi connectivity index (χ0n) is 10.8. The van der Waals surface area contributed by atoms with Crippen LogP contribution in [0.4, 0.5) is 0 Å². The second kappa shape index (κ2) is 4.81. The number of benzene rings is 2. The Morgan fingerprint density at radius 3 is 1.45 bits per heavy atom. The molecule has 2 nitrogen and oxygen atoms in total. The van der Waals surface area contributed by atoms with Crippen LogP contribution in [-0.4, -0.2) is 13.2 Å². The molecule has 5 rings (SSSR count). The Morgan fingerprint density at radius 2 is 1.05 bits per heavy atom. The summed E-state index contributed by atoms with van der Waals surface area (Å²) in [7, 11) is 0. The second-order valence-corrected chi connectivity index (χ2v) is 7.97. The molecular formula is C16H14O2S2. The van der Waals surface area contributed by atoms with E-state index in [9.17, 15) is 0 Å². The first-order valence-corrected chi connectivity index (χ1v) is 8.26. The van der Waals surface area contributed by atoms with E-state index < -0.39 is 0 Å². The molecule has 0 unspecified atom stereocenters. The highest BCUT2D eigenvalue weighted by Gasteiger charge is 2.62. The summed E-state index contributed by atoms with van der Waals surface area (Å²) >= 11 is 3.51. The number of thioether (sulfide) groups is 2. The van der Waals surface area contributed by atoms with Crippen LogP contribution < -0.4 is 0 Å². The maximum Gasteiger partial charge on any atom is 0.194 e. The van der Waals surface area contributed by atoms with Gasteiger partial charge in [-0.1, -0.05) is 84.2 Å². The summed E-state index contributed by atoms with van der Waals surface area (Å²) in [6, 6.07) is 20.8. The largest absolute Gasteiger partial charge is 0.348 e. The van der Waals surface area contributed by atoms with Gasteiger partial charge in [0.2, 0.25) is 0 Å². The Hall–Kier alpha value is -0.940. The van der Waals surface area contributed by atoms with E-state index in [1.54, 1.807) is 23.5 Å². The van der Waals surface area contributed by atoms with E-state index in [0.717, 1.165) is 0 Å². The van der Waals surface area contributed by atoms with Crippen LogP contribution in [0.5, 0.6) is 0 Å². The first-order valence-electron chi connectivity index (χ1n) is 6.62. The number of hydrogen-bond acceptors (Lipinski definition) is 4. The third-order valence-electron chi connectivity index (χ3n) is 3.46. The van der Waals surface area contributed by atoms with Gasteiger partial charge in [-0.15, -0.1) is 0 Å². The predicted octanol–water partition coefficient (Wildman–Crippen LogP) is 4.13. The second-order valence-electron chi connectivity index (χ2n) is 4.75. The lowest BCUT2D eigenvalue weighted by Crippen LogP contribution is -2.41. The van der Waals surface area contributed by atoms with E-state index in [0.29, 0.717) is 13.2 Å². The van der Waals surface area contributed by atoms with Gasteiger partial charge in [-0.3, -0.25) is 0 Å². The van der Waals surface area contributed by atoms with Crippen molar-refractivity contribution in [2.45, 2.75) is 8.53 Å². The SMILES string of the molecule is c1ccc(C23OCCOC(c4ccccc4)(S2)S3)cc1. The van der Waals surface area contributed by atoms with Gasteiger partial charge in [0.15, 0.2) is 8.53 Å². The predicted molar refractivity (Wildman–Crippen MR) is 83.3 cm³/mol. The van der Waals surface area contributed by atoms with Crippen LogP contribution in [0, 0.1) is 0 Å². The summed E-state index contributed by atoms with van der Waals surface area (Å²) < 4.78 is 11.5. The van der Waals surface area contributed by atoms with Gasteiger partial charge in [-0.2, -0.15) is 0 Å². The molecule has 0 aromatic heterocycles.